The number of hydrogen-bond acceptors (Lipinski definition) is 9. The second kappa shape index (κ2) is 13.7. The van der Waals surface area contributed by atoms with Crippen LogP contribution in [-0.4, -0.2) is 97.0 Å². The van der Waals surface area contributed by atoms with E-state index in [-0.39, 0.29) is 25.0 Å². The summed E-state index contributed by atoms with van der Waals surface area (Å²) in [6, 6.07) is 6.44. The van der Waals surface area contributed by atoms with Crippen LogP contribution in [-0.2, 0) is 36.8 Å². The van der Waals surface area contributed by atoms with Gasteiger partial charge in [-0.1, -0.05) is 51.8 Å². The molecule has 0 unspecified atom stereocenters. The van der Waals surface area contributed by atoms with Gasteiger partial charge in [0.1, 0.15) is 24.3 Å². The Morgan fingerprint density at radius 2 is 1.85 bits per heavy atom. The Kier molecular flexibility index (Phi) is 9.70. The number of amides is 2. The molecule has 1 aromatic heterocycles. The molecule has 6 rings (SSSR count). The van der Waals surface area contributed by atoms with Gasteiger partial charge in [-0.2, -0.15) is 0 Å². The standard InChI is InChI=1S/C35H48N4O7/c1-35(2,3)30-32(40)39-20-23(19-28(39)33(41)43-4)45-31-25(12-7-5-6-10-22-18-29(22)46-34(42)37-30)26(21-38-14-16-44-17-15-38)24-11-8-9-13-27(24)36-31/h8-9,11,13,22-23,28-30H,5-7,10,12,14-21H2,1-4H3,(H,37,42)/t22-,23-,28+,29-,30-/m1/s1. The van der Waals surface area contributed by atoms with E-state index in [0.29, 0.717) is 25.0 Å². The van der Waals surface area contributed by atoms with Crippen LogP contribution < -0.4 is 10.1 Å². The molecule has 2 bridgehead atoms. The second-order valence-corrected chi connectivity index (χ2v) is 14.3. The highest BCUT2D eigenvalue weighted by Crippen LogP contribution is 2.39. The summed E-state index contributed by atoms with van der Waals surface area (Å²) in [5, 5.41) is 3.96. The third-order valence-corrected chi connectivity index (χ3v) is 9.85. The molecule has 4 heterocycles. The first kappa shape index (κ1) is 32.5. The van der Waals surface area contributed by atoms with Gasteiger partial charge in [0.25, 0.3) is 0 Å². The number of carbonyl (C=O) groups is 3. The van der Waals surface area contributed by atoms with Gasteiger partial charge in [0, 0.05) is 37.0 Å². The normalized spacial score (nSPS) is 28.2. The van der Waals surface area contributed by atoms with Gasteiger partial charge >= 0.3 is 12.1 Å². The fourth-order valence-electron chi connectivity index (χ4n) is 7.11. The van der Waals surface area contributed by atoms with Gasteiger partial charge in [0.05, 0.1) is 32.4 Å². The number of alkyl carbamates (subject to hydrolysis) is 1. The minimum absolute atomic E-state index is 0.126. The fourth-order valence-corrected chi connectivity index (χ4v) is 7.11. The summed E-state index contributed by atoms with van der Waals surface area (Å²) in [6.07, 6.45) is 4.75. The Morgan fingerprint density at radius 3 is 2.61 bits per heavy atom. The van der Waals surface area contributed by atoms with Crippen LogP contribution in [0.1, 0.15) is 70.4 Å². The summed E-state index contributed by atoms with van der Waals surface area (Å²) in [6.45, 7) is 9.76. The molecule has 46 heavy (non-hydrogen) atoms. The van der Waals surface area contributed by atoms with Crippen molar-refractivity contribution in [2.24, 2.45) is 11.3 Å². The lowest BCUT2D eigenvalue weighted by Crippen LogP contribution is -2.57. The van der Waals surface area contributed by atoms with Crippen LogP contribution in [0.5, 0.6) is 5.88 Å². The number of ether oxygens (including phenoxy) is 4. The first-order chi connectivity index (χ1) is 22.1. The predicted molar refractivity (Wildman–Crippen MR) is 171 cm³/mol. The van der Waals surface area contributed by atoms with Crippen molar-refractivity contribution in [3.05, 3.63) is 35.4 Å². The maximum absolute atomic E-state index is 14.2. The summed E-state index contributed by atoms with van der Waals surface area (Å²) in [4.78, 5) is 49.2. The molecule has 11 heteroatoms. The Hall–Kier alpha value is -3.44. The quantitative estimate of drug-likeness (QED) is 0.494. The zero-order valence-electron chi connectivity index (χ0n) is 27.6. The molecule has 11 nitrogen and oxygen atoms in total. The summed E-state index contributed by atoms with van der Waals surface area (Å²) < 4.78 is 23.3. The summed E-state index contributed by atoms with van der Waals surface area (Å²) >= 11 is 0. The number of nitrogens with zero attached hydrogens (tertiary/aromatic N) is 3. The maximum atomic E-state index is 14.2. The molecule has 2 saturated heterocycles. The van der Waals surface area contributed by atoms with Crippen molar-refractivity contribution in [2.75, 3.05) is 40.0 Å². The van der Waals surface area contributed by atoms with E-state index in [2.05, 4.69) is 22.3 Å². The van der Waals surface area contributed by atoms with Crippen molar-refractivity contribution in [2.45, 2.75) is 96.6 Å². The number of benzene rings is 1. The number of hydrogen-bond donors (Lipinski definition) is 1. The Morgan fingerprint density at radius 1 is 1.07 bits per heavy atom. The number of esters is 1. The van der Waals surface area contributed by atoms with E-state index in [0.717, 1.165) is 74.6 Å². The van der Waals surface area contributed by atoms with Gasteiger partial charge in [-0.3, -0.25) is 9.69 Å². The lowest BCUT2D eigenvalue weighted by atomic mass is 9.85. The van der Waals surface area contributed by atoms with Gasteiger partial charge in [-0.05, 0) is 48.6 Å². The lowest BCUT2D eigenvalue weighted by Gasteiger charge is -2.34. The van der Waals surface area contributed by atoms with Crippen molar-refractivity contribution in [3.8, 4) is 5.88 Å². The monoisotopic (exact) mass is 636 g/mol. The average Bonchev–Trinajstić information content (AvgIpc) is 3.63. The van der Waals surface area contributed by atoms with E-state index < -0.39 is 35.7 Å². The molecule has 4 aliphatic rings. The molecule has 2 amide bonds. The topological polar surface area (TPSA) is 120 Å². The number of aromatic nitrogens is 1. The van der Waals surface area contributed by atoms with Crippen molar-refractivity contribution in [1.82, 2.24) is 20.1 Å². The SMILES string of the molecule is COC(=O)[C@@H]1C[C@@H]2CN1C(=O)[C@H](C(C)(C)C)NC(=O)O[C@@H]1C[C@H]1CCCCCc1c(nc3ccccc3c1CN1CCOCC1)O2. The number of methoxy groups -OCH3 is 1. The van der Waals surface area contributed by atoms with Crippen molar-refractivity contribution in [1.29, 1.82) is 0 Å². The van der Waals surface area contributed by atoms with Crippen molar-refractivity contribution >= 4 is 28.9 Å². The largest absolute Gasteiger partial charge is 0.472 e. The third-order valence-electron chi connectivity index (χ3n) is 9.85. The molecule has 3 fully saturated rings. The zero-order chi connectivity index (χ0) is 32.4. The molecule has 1 saturated carbocycles. The van der Waals surface area contributed by atoms with E-state index in [1.807, 2.05) is 32.9 Å². The maximum Gasteiger partial charge on any atom is 0.408 e. The van der Waals surface area contributed by atoms with E-state index in [1.165, 1.54) is 17.6 Å². The number of para-hydroxylation sites is 1. The Balaban J connectivity index is 1.37. The third kappa shape index (κ3) is 7.25. The molecule has 1 N–H and O–H groups in total. The highest BCUT2D eigenvalue weighted by Gasteiger charge is 2.47. The van der Waals surface area contributed by atoms with Gasteiger partial charge in [-0.25, -0.2) is 14.6 Å². The molecule has 2 aromatic rings. The van der Waals surface area contributed by atoms with Crippen LogP contribution in [0.3, 0.4) is 0 Å². The smallest absolute Gasteiger partial charge is 0.408 e. The van der Waals surface area contributed by atoms with Crippen LogP contribution in [0.15, 0.2) is 24.3 Å². The van der Waals surface area contributed by atoms with Crippen LogP contribution in [0.25, 0.3) is 10.9 Å². The molecular weight excluding hydrogens is 588 g/mol. The van der Waals surface area contributed by atoms with E-state index in [9.17, 15) is 14.4 Å². The molecule has 3 aliphatic heterocycles. The minimum atomic E-state index is -0.906. The average molecular weight is 637 g/mol. The minimum Gasteiger partial charge on any atom is -0.472 e. The predicted octanol–water partition coefficient (Wildman–Crippen LogP) is 4.23. The number of rotatable bonds is 3. The molecule has 5 atom stereocenters. The van der Waals surface area contributed by atoms with Gasteiger partial charge in [-0.15, -0.1) is 0 Å². The number of nitrogens with one attached hydrogen (secondary N) is 1. The van der Waals surface area contributed by atoms with E-state index in [4.69, 9.17) is 23.9 Å². The highest BCUT2D eigenvalue weighted by molar-refractivity contribution is 5.91. The molecule has 0 spiro atoms. The van der Waals surface area contributed by atoms with Gasteiger partial charge in [0.2, 0.25) is 11.8 Å². The Labute approximate surface area is 271 Å². The highest BCUT2D eigenvalue weighted by atomic mass is 16.6. The van der Waals surface area contributed by atoms with Gasteiger partial charge in [0.15, 0.2) is 0 Å². The molecular formula is C35H48N4O7. The van der Waals surface area contributed by atoms with Gasteiger partial charge < -0.3 is 29.2 Å². The summed E-state index contributed by atoms with van der Waals surface area (Å²) in [5.41, 5.74) is 2.54. The number of carbonyl (C=O) groups excluding carboxylic acids is 3. The van der Waals surface area contributed by atoms with Crippen LogP contribution in [0.2, 0.25) is 0 Å². The number of morpholine rings is 1. The van der Waals surface area contributed by atoms with E-state index in [1.54, 1.807) is 0 Å². The first-order valence-electron chi connectivity index (χ1n) is 16.8. The number of pyridine rings is 1. The van der Waals surface area contributed by atoms with Crippen molar-refractivity contribution < 1.29 is 33.3 Å². The van der Waals surface area contributed by atoms with Crippen LogP contribution >= 0.6 is 0 Å². The Bertz CT molecular complexity index is 1440. The first-order valence-corrected chi connectivity index (χ1v) is 16.8. The second-order valence-electron chi connectivity index (χ2n) is 14.3. The van der Waals surface area contributed by atoms with Crippen LogP contribution in [0, 0.1) is 11.3 Å². The molecule has 0 radical (unpaired) electrons. The van der Waals surface area contributed by atoms with Crippen LogP contribution in [0.4, 0.5) is 4.79 Å². The molecule has 1 aromatic carbocycles. The fraction of sp³-hybridized carbons (Fsp3) is 0.657. The summed E-state index contributed by atoms with van der Waals surface area (Å²) in [7, 11) is 1.32. The van der Waals surface area contributed by atoms with Crippen molar-refractivity contribution in [3.63, 3.8) is 0 Å². The number of fused-ring (bicyclic) bond motifs is 5. The lowest BCUT2D eigenvalue weighted by molar-refractivity contribution is -0.152. The molecule has 1 aliphatic carbocycles. The molecule has 250 valence electrons. The zero-order valence-corrected chi connectivity index (χ0v) is 27.6. The summed E-state index contributed by atoms with van der Waals surface area (Å²) in [5.74, 6) is 0.0390. The van der Waals surface area contributed by atoms with E-state index >= 15 is 0 Å².